The summed E-state index contributed by atoms with van der Waals surface area (Å²) in [4.78, 5) is 0. The third-order valence-electron chi connectivity index (χ3n) is 1.90. The van der Waals surface area contributed by atoms with E-state index in [2.05, 4.69) is 54.9 Å². The summed E-state index contributed by atoms with van der Waals surface area (Å²) >= 11 is 3.61. The second kappa shape index (κ2) is 4.08. The molecule has 0 atom stereocenters. The van der Waals surface area contributed by atoms with Crippen molar-refractivity contribution >= 4 is 15.9 Å². The summed E-state index contributed by atoms with van der Waals surface area (Å²) in [6.45, 7) is 6.62. The van der Waals surface area contributed by atoms with Crippen molar-refractivity contribution in [1.29, 1.82) is 0 Å². The number of rotatable bonds is 2. The molecule has 1 rings (SSSR count). The second-order valence-corrected chi connectivity index (χ2v) is 4.44. The number of aryl methyl sites for hydroxylation is 1. The molecule has 0 saturated carbocycles. The first-order valence-corrected chi connectivity index (χ1v) is 5.14. The molecule has 0 radical (unpaired) electrons. The fourth-order valence-electron chi connectivity index (χ4n) is 1.31. The van der Waals surface area contributed by atoms with Crippen molar-refractivity contribution in [1.82, 2.24) is 0 Å². The summed E-state index contributed by atoms with van der Waals surface area (Å²) < 4.78 is 1.28. The monoisotopic (exact) mass is 226 g/mol. The zero-order valence-corrected chi connectivity index (χ0v) is 9.48. The van der Waals surface area contributed by atoms with Gasteiger partial charge in [0.25, 0.3) is 0 Å². The standard InChI is InChI=1S/C11H15Br/c1-8(2)7-10-6-4-5-9(3)11(10)12/h4-6,8H,7H2,1-3H3. The molecule has 0 spiro atoms. The molecule has 1 heteroatoms. The molecule has 0 saturated heterocycles. The summed E-state index contributed by atoms with van der Waals surface area (Å²) in [5.41, 5.74) is 2.75. The van der Waals surface area contributed by atoms with Crippen molar-refractivity contribution < 1.29 is 0 Å². The predicted octanol–water partition coefficient (Wildman–Crippen LogP) is 3.96. The highest BCUT2D eigenvalue weighted by Crippen LogP contribution is 2.23. The van der Waals surface area contributed by atoms with Gasteiger partial charge in [0.05, 0.1) is 0 Å². The van der Waals surface area contributed by atoms with Crippen LogP contribution in [0.15, 0.2) is 22.7 Å². The van der Waals surface area contributed by atoms with E-state index in [-0.39, 0.29) is 0 Å². The van der Waals surface area contributed by atoms with Crippen molar-refractivity contribution in [2.24, 2.45) is 5.92 Å². The van der Waals surface area contributed by atoms with Crippen LogP contribution >= 0.6 is 15.9 Å². The Morgan fingerprint density at radius 3 is 2.58 bits per heavy atom. The summed E-state index contributed by atoms with van der Waals surface area (Å²) in [7, 11) is 0. The van der Waals surface area contributed by atoms with E-state index in [0.29, 0.717) is 0 Å². The topological polar surface area (TPSA) is 0 Å². The van der Waals surface area contributed by atoms with Crippen molar-refractivity contribution in [3.05, 3.63) is 33.8 Å². The maximum Gasteiger partial charge on any atom is 0.0236 e. The molecule has 0 bridgehead atoms. The number of benzene rings is 1. The molecule has 66 valence electrons. The van der Waals surface area contributed by atoms with Crippen molar-refractivity contribution in [2.75, 3.05) is 0 Å². The molecule has 0 aliphatic heterocycles. The molecule has 1 aromatic carbocycles. The Hall–Kier alpha value is -0.300. The van der Waals surface area contributed by atoms with E-state index in [1.54, 1.807) is 0 Å². The maximum absolute atomic E-state index is 3.61. The SMILES string of the molecule is Cc1cccc(CC(C)C)c1Br. The van der Waals surface area contributed by atoms with Crippen molar-refractivity contribution in [2.45, 2.75) is 27.2 Å². The highest BCUT2D eigenvalue weighted by molar-refractivity contribution is 9.10. The lowest BCUT2D eigenvalue weighted by atomic mass is 10.0. The Kier molecular flexibility index (Phi) is 3.33. The van der Waals surface area contributed by atoms with Gasteiger partial charge in [-0.25, -0.2) is 0 Å². The Morgan fingerprint density at radius 2 is 2.00 bits per heavy atom. The average Bonchev–Trinajstić information content (AvgIpc) is 1.98. The van der Waals surface area contributed by atoms with E-state index in [1.807, 2.05) is 0 Å². The fourth-order valence-corrected chi connectivity index (χ4v) is 1.73. The Bertz CT molecular complexity index is 264. The molecule has 0 heterocycles. The molecule has 0 N–H and O–H groups in total. The van der Waals surface area contributed by atoms with E-state index in [9.17, 15) is 0 Å². The predicted molar refractivity (Wildman–Crippen MR) is 57.4 cm³/mol. The minimum atomic E-state index is 0.725. The summed E-state index contributed by atoms with van der Waals surface area (Å²) in [6.07, 6.45) is 1.16. The molecule has 0 amide bonds. The van der Waals surface area contributed by atoms with Gasteiger partial charge in [-0.15, -0.1) is 0 Å². The Labute approximate surface area is 83.1 Å². The van der Waals surface area contributed by atoms with Crippen LogP contribution in [0.1, 0.15) is 25.0 Å². The van der Waals surface area contributed by atoms with E-state index in [0.717, 1.165) is 12.3 Å². The molecule has 12 heavy (non-hydrogen) atoms. The molecule has 1 aromatic rings. The third-order valence-corrected chi connectivity index (χ3v) is 3.03. The molecule has 0 fully saturated rings. The fraction of sp³-hybridized carbons (Fsp3) is 0.455. The zero-order valence-electron chi connectivity index (χ0n) is 7.89. The van der Waals surface area contributed by atoms with Crippen LogP contribution in [0, 0.1) is 12.8 Å². The van der Waals surface area contributed by atoms with E-state index in [4.69, 9.17) is 0 Å². The van der Waals surface area contributed by atoms with Crippen LogP contribution < -0.4 is 0 Å². The largest absolute Gasteiger partial charge is 0.0625 e. The highest BCUT2D eigenvalue weighted by atomic mass is 79.9. The van der Waals surface area contributed by atoms with Gasteiger partial charge in [-0.2, -0.15) is 0 Å². The van der Waals surface area contributed by atoms with E-state index < -0.39 is 0 Å². The number of halogens is 1. The van der Waals surface area contributed by atoms with Crippen LogP contribution in [0.3, 0.4) is 0 Å². The van der Waals surface area contributed by atoms with Crippen molar-refractivity contribution in [3.63, 3.8) is 0 Å². The highest BCUT2D eigenvalue weighted by Gasteiger charge is 2.03. The zero-order chi connectivity index (χ0) is 9.14. The van der Waals surface area contributed by atoms with E-state index >= 15 is 0 Å². The lowest BCUT2D eigenvalue weighted by Crippen LogP contribution is -1.95. The first-order valence-electron chi connectivity index (χ1n) is 4.35. The minimum Gasteiger partial charge on any atom is -0.0625 e. The molecular formula is C11H15Br. The van der Waals surface area contributed by atoms with Crippen LogP contribution in [0.4, 0.5) is 0 Å². The average molecular weight is 227 g/mol. The van der Waals surface area contributed by atoms with Crippen LogP contribution in [0.2, 0.25) is 0 Å². The van der Waals surface area contributed by atoms with Crippen LogP contribution in [-0.4, -0.2) is 0 Å². The molecule has 0 aromatic heterocycles. The molecule has 0 nitrogen and oxygen atoms in total. The van der Waals surface area contributed by atoms with Gasteiger partial charge in [-0.05, 0) is 30.4 Å². The second-order valence-electron chi connectivity index (χ2n) is 3.65. The maximum atomic E-state index is 3.61. The van der Waals surface area contributed by atoms with Crippen LogP contribution in [-0.2, 0) is 6.42 Å². The molecule has 0 aliphatic rings. The van der Waals surface area contributed by atoms with Gasteiger partial charge in [0.15, 0.2) is 0 Å². The Morgan fingerprint density at radius 1 is 1.33 bits per heavy atom. The van der Waals surface area contributed by atoms with Crippen LogP contribution in [0.25, 0.3) is 0 Å². The lowest BCUT2D eigenvalue weighted by Gasteiger charge is -2.08. The molecule has 0 aliphatic carbocycles. The number of hydrogen-bond donors (Lipinski definition) is 0. The summed E-state index contributed by atoms with van der Waals surface area (Å²) in [5, 5.41) is 0. The Balaban J connectivity index is 2.92. The van der Waals surface area contributed by atoms with Crippen molar-refractivity contribution in [3.8, 4) is 0 Å². The van der Waals surface area contributed by atoms with Gasteiger partial charge < -0.3 is 0 Å². The lowest BCUT2D eigenvalue weighted by molar-refractivity contribution is 0.645. The molecule has 0 unspecified atom stereocenters. The first-order chi connectivity index (χ1) is 5.61. The first kappa shape index (κ1) is 9.79. The smallest absolute Gasteiger partial charge is 0.0236 e. The van der Waals surface area contributed by atoms with Gasteiger partial charge >= 0.3 is 0 Å². The summed E-state index contributed by atoms with van der Waals surface area (Å²) in [6, 6.07) is 6.45. The minimum absolute atomic E-state index is 0.725. The van der Waals surface area contributed by atoms with E-state index in [1.165, 1.54) is 15.6 Å². The quantitative estimate of drug-likeness (QED) is 0.717. The van der Waals surface area contributed by atoms with Gasteiger partial charge in [0.1, 0.15) is 0 Å². The van der Waals surface area contributed by atoms with Gasteiger partial charge in [-0.3, -0.25) is 0 Å². The summed E-state index contributed by atoms with van der Waals surface area (Å²) in [5.74, 6) is 0.725. The van der Waals surface area contributed by atoms with Gasteiger partial charge in [0.2, 0.25) is 0 Å². The molecular weight excluding hydrogens is 212 g/mol. The van der Waals surface area contributed by atoms with Crippen LogP contribution in [0.5, 0.6) is 0 Å². The third kappa shape index (κ3) is 2.34. The normalized spacial score (nSPS) is 10.8. The van der Waals surface area contributed by atoms with Gasteiger partial charge in [-0.1, -0.05) is 48.0 Å². The number of hydrogen-bond acceptors (Lipinski definition) is 0. The van der Waals surface area contributed by atoms with Gasteiger partial charge in [0, 0.05) is 4.47 Å².